The number of hydrogen-bond acceptors (Lipinski definition) is 3. The van der Waals surface area contributed by atoms with Gasteiger partial charge in [-0.25, -0.2) is 13.1 Å². The Morgan fingerprint density at radius 2 is 1.67 bits per heavy atom. The fourth-order valence-electron chi connectivity index (χ4n) is 1.97. The number of fused-ring (bicyclic) bond motifs is 1. The highest BCUT2D eigenvalue weighted by molar-refractivity contribution is 7.89. The molecule has 0 unspecified atom stereocenters. The molecule has 0 saturated heterocycles. The van der Waals surface area contributed by atoms with E-state index in [1.807, 2.05) is 37.2 Å². The molecule has 0 aliphatic heterocycles. The molecule has 0 fully saturated rings. The van der Waals surface area contributed by atoms with Crippen LogP contribution in [0.5, 0.6) is 0 Å². The summed E-state index contributed by atoms with van der Waals surface area (Å²) in [5.74, 6) is 0. The van der Waals surface area contributed by atoms with Gasteiger partial charge in [-0.1, -0.05) is 24.3 Å². The molecule has 1 N–H and O–H groups in total. The van der Waals surface area contributed by atoms with Crippen LogP contribution in [0.2, 0.25) is 0 Å². The number of benzene rings is 2. The number of sulfonamides is 1. The molecule has 0 amide bonds. The minimum Gasteiger partial charge on any atom is -0.377 e. The predicted molar refractivity (Wildman–Crippen MR) is 74.0 cm³/mol. The molecule has 0 aromatic heterocycles. The number of anilines is 1. The molecule has 95 valence electrons. The van der Waals surface area contributed by atoms with Gasteiger partial charge in [0.1, 0.15) is 0 Å². The lowest BCUT2D eigenvalue weighted by molar-refractivity contribution is 0.591. The normalized spacial score (nSPS) is 11.7. The third-order valence-corrected chi connectivity index (χ3v) is 4.14. The maximum absolute atomic E-state index is 11.9. The Balaban J connectivity index is 2.84. The average Bonchev–Trinajstić information content (AvgIpc) is 2.37. The van der Waals surface area contributed by atoms with Gasteiger partial charge in [0.15, 0.2) is 0 Å². The quantitative estimate of drug-likeness (QED) is 0.921. The third-order valence-electron chi connectivity index (χ3n) is 2.82. The molecule has 2 rings (SSSR count). The van der Waals surface area contributed by atoms with E-state index in [9.17, 15) is 8.42 Å². The summed E-state index contributed by atoms with van der Waals surface area (Å²) in [5, 5.41) is 1.60. The SMILES string of the molecule is [CH2]NS(=O)(=O)c1cccc2c(N(C)C)cccc12. The zero-order valence-corrected chi connectivity index (χ0v) is 11.2. The monoisotopic (exact) mass is 263 g/mol. The maximum Gasteiger partial charge on any atom is 0.241 e. The molecule has 1 radical (unpaired) electrons. The lowest BCUT2D eigenvalue weighted by atomic mass is 10.1. The van der Waals surface area contributed by atoms with Gasteiger partial charge in [-0.15, -0.1) is 0 Å². The summed E-state index contributed by atoms with van der Waals surface area (Å²) in [7, 11) is 3.56. The van der Waals surface area contributed by atoms with E-state index in [2.05, 4.69) is 11.8 Å². The molecule has 0 bridgehead atoms. The Hall–Kier alpha value is -1.59. The Bertz CT molecular complexity index is 678. The summed E-state index contributed by atoms with van der Waals surface area (Å²) >= 11 is 0. The Morgan fingerprint density at radius 3 is 2.28 bits per heavy atom. The van der Waals surface area contributed by atoms with Gasteiger partial charge in [0.05, 0.1) is 4.90 Å². The first-order valence-corrected chi connectivity index (χ1v) is 6.93. The van der Waals surface area contributed by atoms with Crippen molar-refractivity contribution in [2.75, 3.05) is 19.0 Å². The van der Waals surface area contributed by atoms with Crippen molar-refractivity contribution in [3.8, 4) is 0 Å². The average molecular weight is 263 g/mol. The van der Waals surface area contributed by atoms with Crippen molar-refractivity contribution in [2.24, 2.45) is 0 Å². The highest BCUT2D eigenvalue weighted by Gasteiger charge is 2.16. The van der Waals surface area contributed by atoms with Crippen molar-refractivity contribution >= 4 is 26.5 Å². The Labute approximate surface area is 107 Å². The zero-order valence-electron chi connectivity index (χ0n) is 10.3. The first-order chi connectivity index (χ1) is 8.47. The molecular weight excluding hydrogens is 248 g/mol. The number of nitrogens with one attached hydrogen (secondary N) is 1. The smallest absolute Gasteiger partial charge is 0.241 e. The Kier molecular flexibility index (Phi) is 3.28. The van der Waals surface area contributed by atoms with Crippen LogP contribution in [-0.4, -0.2) is 22.5 Å². The van der Waals surface area contributed by atoms with Crippen molar-refractivity contribution in [2.45, 2.75) is 4.90 Å². The summed E-state index contributed by atoms with van der Waals surface area (Å²) in [4.78, 5) is 2.20. The van der Waals surface area contributed by atoms with Crippen LogP contribution in [-0.2, 0) is 10.0 Å². The summed E-state index contributed by atoms with van der Waals surface area (Å²) in [6.07, 6.45) is 0. The topological polar surface area (TPSA) is 49.4 Å². The lowest BCUT2D eigenvalue weighted by Gasteiger charge is -2.16. The van der Waals surface area contributed by atoms with Crippen LogP contribution in [0.3, 0.4) is 0 Å². The van der Waals surface area contributed by atoms with Crippen LogP contribution in [0.25, 0.3) is 10.8 Å². The van der Waals surface area contributed by atoms with E-state index < -0.39 is 10.0 Å². The molecule has 4 nitrogen and oxygen atoms in total. The Morgan fingerprint density at radius 1 is 1.06 bits per heavy atom. The van der Waals surface area contributed by atoms with Gasteiger partial charge >= 0.3 is 0 Å². The molecule has 0 saturated carbocycles. The van der Waals surface area contributed by atoms with E-state index in [1.165, 1.54) is 0 Å². The molecule has 2 aromatic rings. The van der Waals surface area contributed by atoms with E-state index in [0.29, 0.717) is 5.39 Å². The molecule has 0 spiro atoms. The molecule has 0 aliphatic carbocycles. The maximum atomic E-state index is 11.9. The van der Waals surface area contributed by atoms with Crippen molar-refractivity contribution in [3.63, 3.8) is 0 Å². The molecular formula is C13H15N2O2S. The van der Waals surface area contributed by atoms with E-state index in [-0.39, 0.29) is 4.90 Å². The van der Waals surface area contributed by atoms with E-state index in [4.69, 9.17) is 0 Å². The van der Waals surface area contributed by atoms with Gasteiger partial charge in [-0.05, 0) is 12.1 Å². The van der Waals surface area contributed by atoms with E-state index in [1.54, 1.807) is 18.2 Å². The molecule has 5 heteroatoms. The van der Waals surface area contributed by atoms with E-state index >= 15 is 0 Å². The number of hydrogen-bond donors (Lipinski definition) is 1. The van der Waals surface area contributed by atoms with Gasteiger partial charge in [0.2, 0.25) is 10.0 Å². The van der Waals surface area contributed by atoms with Gasteiger partial charge in [-0.2, -0.15) is 0 Å². The van der Waals surface area contributed by atoms with Crippen molar-refractivity contribution in [1.82, 2.24) is 4.72 Å². The van der Waals surface area contributed by atoms with Crippen LogP contribution >= 0.6 is 0 Å². The van der Waals surface area contributed by atoms with Crippen LogP contribution in [0, 0.1) is 7.05 Å². The molecule has 0 heterocycles. The number of nitrogens with zero attached hydrogens (tertiary/aromatic N) is 1. The van der Waals surface area contributed by atoms with Crippen LogP contribution in [0.15, 0.2) is 41.3 Å². The van der Waals surface area contributed by atoms with Gasteiger partial charge < -0.3 is 4.90 Å². The van der Waals surface area contributed by atoms with Crippen molar-refractivity contribution in [3.05, 3.63) is 43.4 Å². The highest BCUT2D eigenvalue weighted by atomic mass is 32.2. The number of rotatable bonds is 3. The van der Waals surface area contributed by atoms with Crippen LogP contribution in [0.4, 0.5) is 5.69 Å². The predicted octanol–water partition coefficient (Wildman–Crippen LogP) is 1.98. The van der Waals surface area contributed by atoms with Gasteiger partial charge in [0, 0.05) is 37.6 Å². The summed E-state index contributed by atoms with van der Waals surface area (Å²) in [6, 6.07) is 10.8. The first kappa shape index (κ1) is 12.9. The largest absolute Gasteiger partial charge is 0.377 e. The van der Waals surface area contributed by atoms with Gasteiger partial charge in [-0.3, -0.25) is 0 Å². The third kappa shape index (κ3) is 2.07. The molecule has 2 aromatic carbocycles. The standard InChI is InChI=1S/C13H15N2O2S/c1-14-18(16,17)13-9-5-6-10-11(13)7-4-8-12(10)15(2)3/h4-9,14H,1H2,2-3H3. The van der Waals surface area contributed by atoms with Crippen molar-refractivity contribution < 1.29 is 8.42 Å². The van der Waals surface area contributed by atoms with Gasteiger partial charge in [0.25, 0.3) is 0 Å². The molecule has 0 atom stereocenters. The minimum atomic E-state index is -3.55. The van der Waals surface area contributed by atoms with E-state index in [0.717, 1.165) is 11.1 Å². The zero-order chi connectivity index (χ0) is 13.3. The second-order valence-electron chi connectivity index (χ2n) is 4.17. The van der Waals surface area contributed by atoms with Crippen LogP contribution in [0.1, 0.15) is 0 Å². The second-order valence-corrected chi connectivity index (χ2v) is 5.91. The minimum absolute atomic E-state index is 0.249. The fraction of sp³-hybridized carbons (Fsp3) is 0.154. The summed E-state index contributed by atoms with van der Waals surface area (Å²) < 4.78 is 25.9. The fourth-order valence-corrected chi connectivity index (χ4v) is 2.85. The second kappa shape index (κ2) is 4.59. The first-order valence-electron chi connectivity index (χ1n) is 5.45. The molecule has 18 heavy (non-hydrogen) atoms. The van der Waals surface area contributed by atoms with Crippen molar-refractivity contribution in [1.29, 1.82) is 0 Å². The summed E-state index contributed by atoms with van der Waals surface area (Å²) in [5.41, 5.74) is 0.980. The van der Waals surface area contributed by atoms with Crippen LogP contribution < -0.4 is 9.62 Å². The highest BCUT2D eigenvalue weighted by Crippen LogP contribution is 2.29. The lowest BCUT2D eigenvalue weighted by Crippen LogP contribution is -2.17. The molecule has 0 aliphatic rings. The summed E-state index contributed by atoms with van der Waals surface area (Å²) in [6.45, 7) is 0.